The Hall–Kier alpha value is -4.66. The molecule has 32 heavy (non-hydrogen) atoms. The molecule has 6 rings (SSSR count). The summed E-state index contributed by atoms with van der Waals surface area (Å²) in [4.78, 5) is 20.7. The Morgan fingerprint density at radius 3 is 2.56 bits per heavy atom. The fraction of sp³-hybridized carbons (Fsp3) is 0. The number of nitrogens with two attached hydrogens (primary N) is 1. The van der Waals surface area contributed by atoms with Gasteiger partial charge in [-0.05, 0) is 30.3 Å². The zero-order valence-corrected chi connectivity index (χ0v) is 16.5. The molecule has 5 heterocycles. The first-order valence-corrected chi connectivity index (χ1v) is 9.81. The van der Waals surface area contributed by atoms with E-state index < -0.39 is 5.82 Å². The molecule has 0 saturated carbocycles. The molecule has 0 radical (unpaired) electrons. The third-order valence-electron chi connectivity index (χ3n) is 5.30. The van der Waals surface area contributed by atoms with Gasteiger partial charge in [-0.25, -0.2) is 9.37 Å². The number of rotatable bonds is 3. The van der Waals surface area contributed by atoms with Crippen molar-refractivity contribution in [2.24, 2.45) is 0 Å². The monoisotopic (exact) mass is 422 g/mol. The van der Waals surface area contributed by atoms with Crippen molar-refractivity contribution in [1.82, 2.24) is 35.1 Å². The van der Waals surface area contributed by atoms with Crippen molar-refractivity contribution in [3.63, 3.8) is 0 Å². The predicted molar refractivity (Wildman–Crippen MR) is 120 cm³/mol. The Morgan fingerprint density at radius 2 is 1.72 bits per heavy atom. The topological polar surface area (TPSA) is 122 Å². The number of hydrogen-bond donors (Lipinski definition) is 3. The molecule has 9 heteroatoms. The van der Waals surface area contributed by atoms with Crippen molar-refractivity contribution >= 4 is 27.6 Å². The Labute approximate surface area is 180 Å². The number of fused-ring (bicyclic) bond motifs is 2. The number of anilines is 1. The van der Waals surface area contributed by atoms with Crippen LogP contribution in [-0.4, -0.2) is 35.1 Å². The average Bonchev–Trinajstić information content (AvgIpc) is 3.42. The van der Waals surface area contributed by atoms with E-state index in [2.05, 4.69) is 30.1 Å². The van der Waals surface area contributed by atoms with Crippen molar-refractivity contribution in [2.75, 3.05) is 5.73 Å². The van der Waals surface area contributed by atoms with Gasteiger partial charge in [0.25, 0.3) is 0 Å². The van der Waals surface area contributed by atoms with Gasteiger partial charge < -0.3 is 10.7 Å². The predicted octanol–water partition coefficient (Wildman–Crippen LogP) is 4.35. The summed E-state index contributed by atoms with van der Waals surface area (Å²) in [6.07, 6.45) is 8.25. The first kappa shape index (κ1) is 18.1. The van der Waals surface area contributed by atoms with E-state index in [1.54, 1.807) is 36.9 Å². The first-order chi connectivity index (χ1) is 15.7. The summed E-state index contributed by atoms with van der Waals surface area (Å²) in [5.41, 5.74) is 11.6. The smallest absolute Gasteiger partial charge is 0.159 e. The molecule has 0 fully saturated rings. The Morgan fingerprint density at radius 1 is 0.844 bits per heavy atom. The highest BCUT2D eigenvalue weighted by molar-refractivity contribution is 5.97. The van der Waals surface area contributed by atoms with Gasteiger partial charge in [-0.1, -0.05) is 0 Å². The number of nitrogens with one attached hydrogen (secondary N) is 2. The molecule has 8 nitrogen and oxygen atoms in total. The fourth-order valence-electron chi connectivity index (χ4n) is 3.81. The standard InChI is InChI=1S/C23H15FN8/c24-17-9-19-16(8-15(17)13-7-14(25)11-27-10-13)21(32-31-19)23-29-18-3-6-28-20(22(18)30-23)12-1-4-26-5-2-12/h1-11H,25H2,(H,29,30)(H,31,32). The number of H-pyrrole nitrogens is 2. The number of imidazole rings is 1. The van der Waals surface area contributed by atoms with Gasteiger partial charge in [-0.15, -0.1) is 0 Å². The van der Waals surface area contributed by atoms with Gasteiger partial charge in [0.2, 0.25) is 0 Å². The third-order valence-corrected chi connectivity index (χ3v) is 5.30. The number of aromatic nitrogens is 7. The zero-order valence-electron chi connectivity index (χ0n) is 16.5. The lowest BCUT2D eigenvalue weighted by atomic mass is 10.0. The van der Waals surface area contributed by atoms with Crippen LogP contribution in [0.4, 0.5) is 10.1 Å². The lowest BCUT2D eigenvalue weighted by Crippen LogP contribution is -1.90. The maximum atomic E-state index is 14.8. The Bertz CT molecular complexity index is 1600. The minimum atomic E-state index is -0.395. The number of benzene rings is 1. The highest BCUT2D eigenvalue weighted by Gasteiger charge is 2.18. The third kappa shape index (κ3) is 2.87. The second-order valence-corrected chi connectivity index (χ2v) is 7.33. The van der Waals surface area contributed by atoms with Gasteiger partial charge in [-0.2, -0.15) is 5.10 Å². The van der Waals surface area contributed by atoms with Crippen molar-refractivity contribution < 1.29 is 4.39 Å². The molecule has 0 aliphatic rings. The van der Waals surface area contributed by atoms with Crippen LogP contribution in [0.15, 0.2) is 67.4 Å². The van der Waals surface area contributed by atoms with Gasteiger partial charge in [-0.3, -0.25) is 20.1 Å². The quantitative estimate of drug-likeness (QED) is 0.390. The van der Waals surface area contributed by atoms with E-state index in [1.165, 1.54) is 12.3 Å². The molecule has 0 saturated heterocycles. The molecular formula is C23H15FN8. The van der Waals surface area contributed by atoms with Crippen LogP contribution in [0.2, 0.25) is 0 Å². The minimum Gasteiger partial charge on any atom is -0.397 e. The number of nitrogen functional groups attached to an aromatic ring is 1. The second kappa shape index (κ2) is 6.95. The van der Waals surface area contributed by atoms with Crippen molar-refractivity contribution in [1.29, 1.82) is 0 Å². The number of nitrogens with zero attached hydrogens (tertiary/aromatic N) is 5. The molecule has 0 spiro atoms. The van der Waals surface area contributed by atoms with E-state index in [0.717, 1.165) is 22.2 Å². The Kier molecular flexibility index (Phi) is 3.94. The van der Waals surface area contributed by atoms with Crippen LogP contribution in [0.25, 0.3) is 55.8 Å². The van der Waals surface area contributed by atoms with Crippen LogP contribution in [0, 0.1) is 5.82 Å². The molecule has 0 atom stereocenters. The van der Waals surface area contributed by atoms with E-state index in [9.17, 15) is 4.39 Å². The van der Waals surface area contributed by atoms with Crippen LogP contribution in [-0.2, 0) is 0 Å². The normalized spacial score (nSPS) is 11.4. The van der Waals surface area contributed by atoms with Crippen molar-refractivity contribution in [2.45, 2.75) is 0 Å². The minimum absolute atomic E-state index is 0.384. The van der Waals surface area contributed by atoms with Gasteiger partial charge >= 0.3 is 0 Å². The molecule has 0 amide bonds. The highest BCUT2D eigenvalue weighted by atomic mass is 19.1. The van der Waals surface area contributed by atoms with Crippen molar-refractivity contribution in [3.8, 4) is 33.9 Å². The van der Waals surface area contributed by atoms with Crippen LogP contribution >= 0.6 is 0 Å². The molecule has 0 aliphatic heterocycles. The van der Waals surface area contributed by atoms with E-state index in [1.807, 2.05) is 18.2 Å². The second-order valence-electron chi connectivity index (χ2n) is 7.33. The molecule has 4 N–H and O–H groups in total. The summed E-state index contributed by atoms with van der Waals surface area (Å²) >= 11 is 0. The highest BCUT2D eigenvalue weighted by Crippen LogP contribution is 2.33. The van der Waals surface area contributed by atoms with E-state index in [-0.39, 0.29) is 0 Å². The lowest BCUT2D eigenvalue weighted by molar-refractivity contribution is 0.633. The van der Waals surface area contributed by atoms with Crippen LogP contribution < -0.4 is 5.73 Å². The molecule has 0 aliphatic carbocycles. The maximum absolute atomic E-state index is 14.8. The molecule has 5 aromatic heterocycles. The van der Waals surface area contributed by atoms with E-state index in [4.69, 9.17) is 10.7 Å². The van der Waals surface area contributed by atoms with Gasteiger partial charge in [0.05, 0.1) is 22.4 Å². The van der Waals surface area contributed by atoms with Crippen LogP contribution in [0.1, 0.15) is 0 Å². The summed E-state index contributed by atoms with van der Waals surface area (Å²) in [6.45, 7) is 0. The van der Waals surface area contributed by atoms with Gasteiger partial charge in [0.1, 0.15) is 17.0 Å². The average molecular weight is 422 g/mol. The zero-order chi connectivity index (χ0) is 21.7. The van der Waals surface area contributed by atoms with E-state index in [0.29, 0.717) is 39.4 Å². The molecule has 0 bridgehead atoms. The van der Waals surface area contributed by atoms with Crippen LogP contribution in [0.5, 0.6) is 0 Å². The molecule has 154 valence electrons. The number of halogens is 1. The number of pyridine rings is 3. The summed E-state index contributed by atoms with van der Waals surface area (Å²) in [6, 6.07) is 10.5. The molecule has 0 unspecified atom stereocenters. The maximum Gasteiger partial charge on any atom is 0.159 e. The lowest BCUT2D eigenvalue weighted by Gasteiger charge is -2.05. The number of hydrogen-bond acceptors (Lipinski definition) is 6. The summed E-state index contributed by atoms with van der Waals surface area (Å²) < 4.78 is 14.8. The summed E-state index contributed by atoms with van der Waals surface area (Å²) in [5, 5.41) is 8.02. The fourth-order valence-corrected chi connectivity index (χ4v) is 3.81. The molecule has 1 aromatic carbocycles. The SMILES string of the molecule is Nc1cncc(-c2cc3c(-c4nc5c(-c6ccncc6)nccc5[nH]4)n[nH]c3cc2F)c1. The summed E-state index contributed by atoms with van der Waals surface area (Å²) in [5.74, 6) is 0.159. The molecule has 6 aromatic rings. The summed E-state index contributed by atoms with van der Waals surface area (Å²) in [7, 11) is 0. The van der Waals surface area contributed by atoms with Gasteiger partial charge in [0, 0.05) is 59.1 Å². The number of aromatic amines is 2. The van der Waals surface area contributed by atoms with Crippen LogP contribution in [0.3, 0.4) is 0 Å². The first-order valence-electron chi connectivity index (χ1n) is 9.81. The van der Waals surface area contributed by atoms with E-state index >= 15 is 0 Å². The van der Waals surface area contributed by atoms with Gasteiger partial charge in [0.15, 0.2) is 5.82 Å². The van der Waals surface area contributed by atoms with Crippen molar-refractivity contribution in [3.05, 3.63) is 73.2 Å². The largest absolute Gasteiger partial charge is 0.397 e. The Balaban J connectivity index is 1.54. The molecular weight excluding hydrogens is 407 g/mol.